The van der Waals surface area contributed by atoms with E-state index in [-0.39, 0.29) is 12.6 Å². The van der Waals surface area contributed by atoms with Gasteiger partial charge in [0.25, 0.3) is 0 Å². The van der Waals surface area contributed by atoms with Gasteiger partial charge in [0.15, 0.2) is 0 Å². The number of aryl methyl sites for hydroxylation is 1. The van der Waals surface area contributed by atoms with Gasteiger partial charge in [-0.2, -0.15) is 0 Å². The first-order chi connectivity index (χ1) is 8.59. The van der Waals surface area contributed by atoms with Crippen molar-refractivity contribution in [3.05, 3.63) is 34.9 Å². The van der Waals surface area contributed by atoms with Crippen LogP contribution >= 0.6 is 0 Å². The van der Waals surface area contributed by atoms with Crippen molar-refractivity contribution in [2.24, 2.45) is 0 Å². The maximum Gasteiger partial charge on any atom is 0.317 e. The van der Waals surface area contributed by atoms with Gasteiger partial charge in [-0.1, -0.05) is 24.6 Å². The van der Waals surface area contributed by atoms with Crippen molar-refractivity contribution in [1.82, 2.24) is 4.90 Å². The quantitative estimate of drug-likeness (QED) is 0.892. The lowest BCUT2D eigenvalue weighted by molar-refractivity contribution is -0.139. The van der Waals surface area contributed by atoms with E-state index in [2.05, 4.69) is 36.9 Å². The molecule has 0 saturated carbocycles. The number of hydrogen-bond donors (Lipinski definition) is 1. The first kappa shape index (κ1) is 13.1. The summed E-state index contributed by atoms with van der Waals surface area (Å²) >= 11 is 0. The summed E-state index contributed by atoms with van der Waals surface area (Å²) in [4.78, 5) is 13.1. The van der Waals surface area contributed by atoms with Crippen molar-refractivity contribution in [2.45, 2.75) is 39.2 Å². The van der Waals surface area contributed by atoms with Crippen LogP contribution < -0.4 is 0 Å². The lowest BCUT2D eigenvalue weighted by Gasteiger charge is -2.35. The molecule has 1 heterocycles. The van der Waals surface area contributed by atoms with E-state index in [1.54, 1.807) is 0 Å². The fraction of sp³-hybridized carbons (Fsp3) is 0.533. The molecule has 1 saturated heterocycles. The second kappa shape index (κ2) is 5.53. The van der Waals surface area contributed by atoms with Crippen LogP contribution in [0.2, 0.25) is 0 Å². The summed E-state index contributed by atoms with van der Waals surface area (Å²) in [6.45, 7) is 5.30. The molecule has 0 spiro atoms. The molecule has 0 unspecified atom stereocenters. The van der Waals surface area contributed by atoms with E-state index in [9.17, 15) is 4.79 Å². The van der Waals surface area contributed by atoms with Crippen LogP contribution in [0, 0.1) is 13.8 Å². The van der Waals surface area contributed by atoms with Crippen molar-refractivity contribution >= 4 is 5.97 Å². The van der Waals surface area contributed by atoms with Crippen LogP contribution in [0.5, 0.6) is 0 Å². The van der Waals surface area contributed by atoms with E-state index in [4.69, 9.17) is 5.11 Å². The van der Waals surface area contributed by atoms with Crippen molar-refractivity contribution in [2.75, 3.05) is 13.1 Å². The summed E-state index contributed by atoms with van der Waals surface area (Å²) in [5.41, 5.74) is 3.89. The molecule has 1 atom stereocenters. The van der Waals surface area contributed by atoms with Crippen molar-refractivity contribution < 1.29 is 9.90 Å². The van der Waals surface area contributed by atoms with Gasteiger partial charge < -0.3 is 5.11 Å². The molecule has 1 fully saturated rings. The zero-order valence-corrected chi connectivity index (χ0v) is 11.1. The number of nitrogens with zero attached hydrogens (tertiary/aromatic N) is 1. The molecule has 0 aliphatic carbocycles. The van der Waals surface area contributed by atoms with Crippen LogP contribution in [-0.4, -0.2) is 29.1 Å². The topological polar surface area (TPSA) is 40.5 Å². The Morgan fingerprint density at radius 2 is 2.17 bits per heavy atom. The Morgan fingerprint density at radius 1 is 1.39 bits per heavy atom. The van der Waals surface area contributed by atoms with E-state index in [1.165, 1.54) is 23.1 Å². The smallest absolute Gasteiger partial charge is 0.317 e. The first-order valence-corrected chi connectivity index (χ1v) is 6.61. The largest absolute Gasteiger partial charge is 0.480 e. The van der Waals surface area contributed by atoms with Crippen LogP contribution in [0.15, 0.2) is 18.2 Å². The zero-order valence-electron chi connectivity index (χ0n) is 11.1. The average Bonchev–Trinajstić information content (AvgIpc) is 2.33. The number of hydrogen-bond acceptors (Lipinski definition) is 2. The van der Waals surface area contributed by atoms with E-state index in [0.29, 0.717) is 0 Å². The normalized spacial score (nSPS) is 20.9. The van der Waals surface area contributed by atoms with Gasteiger partial charge in [-0.3, -0.25) is 9.69 Å². The Labute approximate surface area is 108 Å². The molecule has 1 N–H and O–H groups in total. The highest BCUT2D eigenvalue weighted by Crippen LogP contribution is 2.33. The third kappa shape index (κ3) is 2.72. The van der Waals surface area contributed by atoms with E-state index in [1.807, 2.05) is 0 Å². The monoisotopic (exact) mass is 247 g/mol. The van der Waals surface area contributed by atoms with E-state index in [0.717, 1.165) is 19.4 Å². The molecule has 0 amide bonds. The summed E-state index contributed by atoms with van der Waals surface area (Å²) in [5, 5.41) is 9.01. The number of likely N-dealkylation sites (tertiary alicyclic amines) is 1. The average molecular weight is 247 g/mol. The molecule has 0 bridgehead atoms. The highest BCUT2D eigenvalue weighted by Gasteiger charge is 2.26. The molecule has 18 heavy (non-hydrogen) atoms. The van der Waals surface area contributed by atoms with Crippen molar-refractivity contribution in [3.8, 4) is 0 Å². The van der Waals surface area contributed by atoms with Gasteiger partial charge in [0, 0.05) is 6.04 Å². The molecule has 98 valence electrons. The molecule has 1 aromatic rings. The lowest BCUT2D eigenvalue weighted by atomic mass is 9.90. The van der Waals surface area contributed by atoms with E-state index >= 15 is 0 Å². The Hall–Kier alpha value is -1.35. The van der Waals surface area contributed by atoms with Gasteiger partial charge in [0.2, 0.25) is 0 Å². The molecule has 3 nitrogen and oxygen atoms in total. The second-order valence-corrected chi connectivity index (χ2v) is 5.16. The summed E-state index contributed by atoms with van der Waals surface area (Å²) < 4.78 is 0. The molecule has 3 heteroatoms. The predicted molar refractivity (Wildman–Crippen MR) is 71.7 cm³/mol. The number of carboxylic acids is 1. The number of aliphatic carboxylic acids is 1. The fourth-order valence-corrected chi connectivity index (χ4v) is 2.84. The molecular formula is C15H21NO2. The number of piperidine rings is 1. The molecule has 1 aliphatic rings. The minimum Gasteiger partial charge on any atom is -0.480 e. The number of carbonyl (C=O) groups is 1. The molecular weight excluding hydrogens is 226 g/mol. The minimum atomic E-state index is -0.729. The molecule has 0 aromatic heterocycles. The van der Waals surface area contributed by atoms with Gasteiger partial charge in [0.1, 0.15) is 0 Å². The lowest BCUT2D eigenvalue weighted by Crippen LogP contribution is -2.37. The molecule has 2 rings (SSSR count). The van der Waals surface area contributed by atoms with Crippen molar-refractivity contribution in [1.29, 1.82) is 0 Å². The summed E-state index contributed by atoms with van der Waals surface area (Å²) in [7, 11) is 0. The molecule has 1 aromatic carbocycles. The maximum absolute atomic E-state index is 11.0. The Kier molecular flexibility index (Phi) is 4.02. The van der Waals surface area contributed by atoms with Crippen molar-refractivity contribution in [3.63, 3.8) is 0 Å². The Bertz CT molecular complexity index is 442. The molecule has 1 aliphatic heterocycles. The second-order valence-electron chi connectivity index (χ2n) is 5.16. The third-order valence-corrected chi connectivity index (χ3v) is 3.96. The summed E-state index contributed by atoms with van der Waals surface area (Å²) in [6, 6.07) is 6.61. The first-order valence-electron chi connectivity index (χ1n) is 6.61. The van der Waals surface area contributed by atoms with Gasteiger partial charge >= 0.3 is 5.97 Å². The maximum atomic E-state index is 11.0. The van der Waals surface area contributed by atoms with Crippen LogP contribution in [0.1, 0.15) is 42.0 Å². The standard InChI is InChI=1S/C15H21NO2/c1-11-6-5-7-13(12(11)2)14-8-3-4-9-16(14)10-15(17)18/h5-7,14H,3-4,8-10H2,1-2H3,(H,17,18)/t14-/m0/s1. The summed E-state index contributed by atoms with van der Waals surface area (Å²) in [6.07, 6.45) is 3.36. The van der Waals surface area contributed by atoms with Crippen LogP contribution in [0.25, 0.3) is 0 Å². The van der Waals surface area contributed by atoms with Crippen LogP contribution in [0.3, 0.4) is 0 Å². The fourth-order valence-electron chi connectivity index (χ4n) is 2.84. The van der Waals surface area contributed by atoms with Gasteiger partial charge in [0.05, 0.1) is 6.54 Å². The predicted octanol–water partition coefficient (Wildman–Crippen LogP) is 2.92. The van der Waals surface area contributed by atoms with E-state index < -0.39 is 5.97 Å². The molecule has 0 radical (unpaired) electrons. The summed E-state index contributed by atoms with van der Waals surface area (Å²) in [5.74, 6) is -0.729. The van der Waals surface area contributed by atoms with Gasteiger partial charge in [-0.25, -0.2) is 0 Å². The number of rotatable bonds is 3. The van der Waals surface area contributed by atoms with Gasteiger partial charge in [-0.05, 0) is 49.9 Å². The van der Waals surface area contributed by atoms with Crippen LogP contribution in [-0.2, 0) is 4.79 Å². The zero-order chi connectivity index (χ0) is 13.1. The Morgan fingerprint density at radius 3 is 2.89 bits per heavy atom. The highest BCUT2D eigenvalue weighted by molar-refractivity contribution is 5.69. The minimum absolute atomic E-state index is 0.151. The number of benzene rings is 1. The number of carboxylic acid groups (broad SMARTS) is 1. The van der Waals surface area contributed by atoms with Crippen LogP contribution in [0.4, 0.5) is 0 Å². The highest BCUT2D eigenvalue weighted by atomic mass is 16.4. The Balaban J connectivity index is 2.27. The van der Waals surface area contributed by atoms with Gasteiger partial charge in [-0.15, -0.1) is 0 Å². The SMILES string of the molecule is Cc1cccc([C@@H]2CCCCN2CC(=O)O)c1C. The third-order valence-electron chi connectivity index (χ3n) is 3.96.